The summed E-state index contributed by atoms with van der Waals surface area (Å²) in [6.07, 6.45) is 0.916. The maximum Gasteiger partial charge on any atom is 0.338 e. The van der Waals surface area contributed by atoms with E-state index in [1.54, 1.807) is 32.0 Å². The summed E-state index contributed by atoms with van der Waals surface area (Å²) in [5.74, 6) is 0.00125. The molecule has 0 atom stereocenters. The molecule has 2 N–H and O–H groups in total. The maximum atomic E-state index is 12.5. The van der Waals surface area contributed by atoms with E-state index in [1.165, 1.54) is 11.1 Å². The van der Waals surface area contributed by atoms with Crippen LogP contribution in [0.4, 0.5) is 5.69 Å². The van der Waals surface area contributed by atoms with E-state index in [1.807, 2.05) is 17.0 Å². The van der Waals surface area contributed by atoms with Crippen LogP contribution in [0.5, 0.6) is 5.75 Å². The van der Waals surface area contributed by atoms with Crippen molar-refractivity contribution in [3.63, 3.8) is 0 Å². The SMILES string of the molecule is CC(C)OC(=O)c1ccc(N)c(OCCC(=O)N2CCc3ccccc3C2)c1. The summed E-state index contributed by atoms with van der Waals surface area (Å²) in [4.78, 5) is 26.4. The number of nitrogens with two attached hydrogens (primary N) is 1. The fraction of sp³-hybridized carbons (Fsp3) is 0.364. The molecule has 3 rings (SSSR count). The molecule has 0 saturated heterocycles. The zero-order valence-electron chi connectivity index (χ0n) is 16.3. The lowest BCUT2D eigenvalue weighted by molar-refractivity contribution is -0.132. The molecular formula is C22H26N2O4. The van der Waals surface area contributed by atoms with Crippen LogP contribution in [0.3, 0.4) is 0 Å². The minimum Gasteiger partial charge on any atom is -0.491 e. The Morgan fingerprint density at radius 2 is 1.89 bits per heavy atom. The molecule has 0 radical (unpaired) electrons. The van der Waals surface area contributed by atoms with Crippen LogP contribution in [-0.2, 0) is 22.5 Å². The van der Waals surface area contributed by atoms with Gasteiger partial charge in [0.05, 0.1) is 30.4 Å². The number of rotatable bonds is 6. The lowest BCUT2D eigenvalue weighted by Gasteiger charge is -2.29. The lowest BCUT2D eigenvalue weighted by atomic mass is 10.00. The van der Waals surface area contributed by atoms with Gasteiger partial charge in [-0.05, 0) is 49.6 Å². The van der Waals surface area contributed by atoms with E-state index in [2.05, 4.69) is 12.1 Å². The largest absolute Gasteiger partial charge is 0.491 e. The molecule has 6 nitrogen and oxygen atoms in total. The maximum absolute atomic E-state index is 12.5. The molecule has 28 heavy (non-hydrogen) atoms. The van der Waals surface area contributed by atoms with Gasteiger partial charge in [-0.25, -0.2) is 4.79 Å². The summed E-state index contributed by atoms with van der Waals surface area (Å²) in [5, 5.41) is 0. The highest BCUT2D eigenvalue weighted by atomic mass is 16.5. The number of nitrogen functional groups attached to an aromatic ring is 1. The summed E-state index contributed by atoms with van der Waals surface area (Å²) >= 11 is 0. The Balaban J connectivity index is 1.55. The third-order valence-corrected chi connectivity index (χ3v) is 4.65. The van der Waals surface area contributed by atoms with Gasteiger partial charge in [0.1, 0.15) is 5.75 Å². The van der Waals surface area contributed by atoms with E-state index in [0.717, 1.165) is 6.42 Å². The van der Waals surface area contributed by atoms with Crippen LogP contribution in [0.1, 0.15) is 41.8 Å². The minimum atomic E-state index is -0.428. The summed E-state index contributed by atoms with van der Waals surface area (Å²) in [5.41, 5.74) is 9.22. The number of fused-ring (bicyclic) bond motifs is 1. The molecule has 0 spiro atoms. The topological polar surface area (TPSA) is 81.9 Å². The molecule has 0 unspecified atom stereocenters. The Labute approximate surface area is 165 Å². The zero-order valence-corrected chi connectivity index (χ0v) is 16.3. The van der Waals surface area contributed by atoms with E-state index >= 15 is 0 Å². The molecule has 1 heterocycles. The summed E-state index contributed by atoms with van der Waals surface area (Å²) < 4.78 is 10.9. The first-order chi connectivity index (χ1) is 13.4. The summed E-state index contributed by atoms with van der Waals surface area (Å²) in [6, 6.07) is 13.0. The van der Waals surface area contributed by atoms with Crippen LogP contribution < -0.4 is 10.5 Å². The van der Waals surface area contributed by atoms with Crippen molar-refractivity contribution in [1.82, 2.24) is 4.90 Å². The van der Waals surface area contributed by atoms with Gasteiger partial charge in [0.2, 0.25) is 5.91 Å². The molecule has 0 saturated carbocycles. The number of nitrogens with zero attached hydrogens (tertiary/aromatic N) is 1. The molecule has 148 valence electrons. The van der Waals surface area contributed by atoms with Crippen molar-refractivity contribution in [2.75, 3.05) is 18.9 Å². The third kappa shape index (κ3) is 4.82. The number of hydrogen-bond donors (Lipinski definition) is 1. The van der Waals surface area contributed by atoms with Crippen molar-refractivity contribution in [2.45, 2.75) is 39.3 Å². The fourth-order valence-electron chi connectivity index (χ4n) is 3.18. The van der Waals surface area contributed by atoms with Gasteiger partial charge in [0.15, 0.2) is 0 Å². The Morgan fingerprint density at radius 1 is 1.14 bits per heavy atom. The van der Waals surface area contributed by atoms with Crippen LogP contribution in [0.2, 0.25) is 0 Å². The normalized spacial score (nSPS) is 13.2. The predicted octanol–water partition coefficient (Wildman–Crippen LogP) is 3.19. The molecule has 0 aliphatic carbocycles. The Hall–Kier alpha value is -3.02. The minimum absolute atomic E-state index is 0.0449. The average molecular weight is 382 g/mol. The zero-order chi connectivity index (χ0) is 20.1. The van der Waals surface area contributed by atoms with Gasteiger partial charge in [0.25, 0.3) is 0 Å². The van der Waals surface area contributed by atoms with Crippen molar-refractivity contribution < 1.29 is 19.1 Å². The van der Waals surface area contributed by atoms with Gasteiger partial charge in [-0.2, -0.15) is 0 Å². The van der Waals surface area contributed by atoms with Gasteiger partial charge in [-0.15, -0.1) is 0 Å². The molecule has 2 aromatic rings. The van der Waals surface area contributed by atoms with Gasteiger partial charge in [-0.3, -0.25) is 4.79 Å². The second kappa shape index (κ2) is 8.78. The molecule has 0 bridgehead atoms. The van der Waals surface area contributed by atoms with Crippen LogP contribution in [-0.4, -0.2) is 36.0 Å². The highest BCUT2D eigenvalue weighted by molar-refractivity contribution is 5.90. The molecule has 1 aliphatic rings. The first kappa shape index (κ1) is 19.7. The van der Waals surface area contributed by atoms with Crippen LogP contribution in [0, 0.1) is 0 Å². The average Bonchev–Trinajstić information content (AvgIpc) is 2.68. The number of ether oxygens (including phenoxy) is 2. The molecule has 0 aromatic heterocycles. The van der Waals surface area contributed by atoms with E-state index in [9.17, 15) is 9.59 Å². The standard InChI is InChI=1S/C22H26N2O4/c1-15(2)28-22(26)17-7-8-19(23)20(13-17)27-12-10-21(25)24-11-9-16-5-3-4-6-18(16)14-24/h3-8,13,15H,9-12,14,23H2,1-2H3. The van der Waals surface area contributed by atoms with Gasteiger partial charge < -0.3 is 20.1 Å². The first-order valence-electron chi connectivity index (χ1n) is 9.52. The van der Waals surface area contributed by atoms with Gasteiger partial charge in [-0.1, -0.05) is 24.3 Å². The fourth-order valence-corrected chi connectivity index (χ4v) is 3.18. The van der Waals surface area contributed by atoms with Crippen LogP contribution >= 0.6 is 0 Å². The number of carbonyl (C=O) groups excluding carboxylic acids is 2. The Kier molecular flexibility index (Phi) is 6.19. The monoisotopic (exact) mass is 382 g/mol. The van der Waals surface area contributed by atoms with Crippen molar-refractivity contribution in [3.05, 3.63) is 59.2 Å². The van der Waals surface area contributed by atoms with Crippen molar-refractivity contribution in [2.24, 2.45) is 0 Å². The van der Waals surface area contributed by atoms with Crippen molar-refractivity contribution in [3.8, 4) is 5.75 Å². The second-order valence-corrected chi connectivity index (χ2v) is 7.14. The number of anilines is 1. The van der Waals surface area contributed by atoms with Crippen LogP contribution in [0.25, 0.3) is 0 Å². The van der Waals surface area contributed by atoms with Gasteiger partial charge in [0, 0.05) is 13.1 Å². The number of amides is 1. The highest BCUT2D eigenvalue weighted by Crippen LogP contribution is 2.24. The number of benzene rings is 2. The van der Waals surface area contributed by atoms with E-state index < -0.39 is 5.97 Å². The van der Waals surface area contributed by atoms with Gasteiger partial charge >= 0.3 is 5.97 Å². The third-order valence-electron chi connectivity index (χ3n) is 4.65. The molecule has 2 aromatic carbocycles. The molecule has 0 fully saturated rings. The quantitative estimate of drug-likeness (QED) is 0.613. The number of carbonyl (C=O) groups is 2. The van der Waals surface area contributed by atoms with E-state index in [-0.39, 0.29) is 25.0 Å². The van der Waals surface area contributed by atoms with E-state index in [4.69, 9.17) is 15.2 Å². The molecule has 1 amide bonds. The Bertz CT molecular complexity index is 863. The molecule has 6 heteroatoms. The molecule has 1 aliphatic heterocycles. The predicted molar refractivity (Wildman–Crippen MR) is 107 cm³/mol. The van der Waals surface area contributed by atoms with Crippen molar-refractivity contribution >= 4 is 17.6 Å². The van der Waals surface area contributed by atoms with Crippen LogP contribution in [0.15, 0.2) is 42.5 Å². The summed E-state index contributed by atoms with van der Waals surface area (Å²) in [6.45, 7) is 5.13. The Morgan fingerprint density at radius 3 is 2.64 bits per heavy atom. The summed E-state index contributed by atoms with van der Waals surface area (Å²) in [7, 11) is 0. The molecular weight excluding hydrogens is 356 g/mol. The number of esters is 1. The van der Waals surface area contributed by atoms with Crippen molar-refractivity contribution in [1.29, 1.82) is 0 Å². The number of hydrogen-bond acceptors (Lipinski definition) is 5. The van der Waals surface area contributed by atoms with E-state index in [0.29, 0.717) is 30.1 Å². The lowest BCUT2D eigenvalue weighted by Crippen LogP contribution is -2.36. The first-order valence-corrected chi connectivity index (χ1v) is 9.52. The highest BCUT2D eigenvalue weighted by Gasteiger charge is 2.20. The second-order valence-electron chi connectivity index (χ2n) is 7.14. The smallest absolute Gasteiger partial charge is 0.338 e.